The van der Waals surface area contributed by atoms with Gasteiger partial charge in [-0.3, -0.25) is 0 Å². The lowest BCUT2D eigenvalue weighted by molar-refractivity contribution is 1.17. The fraction of sp³-hybridized carbons (Fsp3) is 0.333. The molecule has 0 unspecified atom stereocenters. The first-order valence-corrected chi connectivity index (χ1v) is 6.04. The Hall–Kier alpha value is -1.01. The number of halogens is 1. The molecule has 0 amide bonds. The molecule has 1 heteroatoms. The molecule has 0 saturated heterocycles. The average molecular weight is 235 g/mol. The summed E-state index contributed by atoms with van der Waals surface area (Å²) in [6, 6.07) is 8.01. The van der Waals surface area contributed by atoms with Crippen molar-refractivity contribution in [1.29, 1.82) is 0 Å². The molecule has 0 atom stereocenters. The third-order valence-electron chi connectivity index (χ3n) is 2.94. The van der Waals surface area contributed by atoms with E-state index >= 15 is 0 Å². The maximum absolute atomic E-state index is 5.88. The molecule has 86 valence electrons. The Morgan fingerprint density at radius 3 is 2.19 bits per heavy atom. The molecule has 0 heterocycles. The topological polar surface area (TPSA) is 0 Å². The predicted molar refractivity (Wildman–Crippen MR) is 73.8 cm³/mol. The quantitative estimate of drug-likeness (QED) is 0.607. The Morgan fingerprint density at radius 2 is 1.69 bits per heavy atom. The molecule has 0 bridgehead atoms. The van der Waals surface area contributed by atoms with Crippen LogP contribution < -0.4 is 0 Å². The standard InChI is InChI=1S/C15H19Cl/c1-5-6-11(2)12(3)13(4)14-7-9-15(16)10-8-14/h6-10H,5H2,1-4H3/b11-6-,13-12-. The van der Waals surface area contributed by atoms with Gasteiger partial charge < -0.3 is 0 Å². The zero-order chi connectivity index (χ0) is 12.1. The maximum Gasteiger partial charge on any atom is 0.0406 e. The third-order valence-corrected chi connectivity index (χ3v) is 3.19. The monoisotopic (exact) mass is 234 g/mol. The van der Waals surface area contributed by atoms with Gasteiger partial charge in [0.25, 0.3) is 0 Å². The van der Waals surface area contributed by atoms with Crippen molar-refractivity contribution in [3.05, 3.63) is 52.1 Å². The minimum atomic E-state index is 0.787. The van der Waals surface area contributed by atoms with Crippen LogP contribution in [-0.4, -0.2) is 0 Å². The molecule has 1 aromatic carbocycles. The van der Waals surface area contributed by atoms with E-state index in [9.17, 15) is 0 Å². The SMILES string of the molecule is CC/C=C(C)\C(C)=C(\C)c1ccc(Cl)cc1. The second-order valence-electron chi connectivity index (χ2n) is 4.05. The molecule has 0 nitrogen and oxygen atoms in total. The van der Waals surface area contributed by atoms with E-state index in [0.717, 1.165) is 11.4 Å². The normalized spacial score (nSPS) is 13.7. The third kappa shape index (κ3) is 3.24. The van der Waals surface area contributed by atoms with Crippen LogP contribution in [-0.2, 0) is 0 Å². The van der Waals surface area contributed by atoms with Crippen LogP contribution in [0.3, 0.4) is 0 Å². The van der Waals surface area contributed by atoms with Gasteiger partial charge in [-0.05, 0) is 56.0 Å². The number of rotatable bonds is 3. The second kappa shape index (κ2) is 5.91. The fourth-order valence-corrected chi connectivity index (χ4v) is 1.80. The van der Waals surface area contributed by atoms with E-state index in [1.807, 2.05) is 12.1 Å². The maximum atomic E-state index is 5.88. The van der Waals surface area contributed by atoms with Crippen LogP contribution in [0.25, 0.3) is 5.57 Å². The summed E-state index contributed by atoms with van der Waals surface area (Å²) in [5, 5.41) is 0.787. The Kier molecular flexibility index (Phi) is 4.82. The highest BCUT2D eigenvalue weighted by Gasteiger charge is 2.02. The molecule has 0 aliphatic carbocycles. The summed E-state index contributed by atoms with van der Waals surface area (Å²) >= 11 is 5.88. The average Bonchev–Trinajstić information content (AvgIpc) is 2.28. The van der Waals surface area contributed by atoms with E-state index in [1.54, 1.807) is 0 Å². The molecular weight excluding hydrogens is 216 g/mol. The number of hydrogen-bond donors (Lipinski definition) is 0. The van der Waals surface area contributed by atoms with Gasteiger partial charge in [0.15, 0.2) is 0 Å². The largest absolute Gasteiger partial charge is 0.0843 e. The summed E-state index contributed by atoms with van der Waals surface area (Å²) in [4.78, 5) is 0. The zero-order valence-electron chi connectivity index (χ0n) is 10.5. The molecule has 16 heavy (non-hydrogen) atoms. The van der Waals surface area contributed by atoms with Crippen molar-refractivity contribution in [3.8, 4) is 0 Å². The lowest BCUT2D eigenvalue weighted by atomic mass is 9.97. The van der Waals surface area contributed by atoms with Gasteiger partial charge >= 0.3 is 0 Å². The lowest BCUT2D eigenvalue weighted by Crippen LogP contribution is -1.87. The summed E-state index contributed by atoms with van der Waals surface area (Å²) in [6.07, 6.45) is 3.34. The van der Waals surface area contributed by atoms with Gasteiger partial charge in [-0.25, -0.2) is 0 Å². The minimum absolute atomic E-state index is 0.787. The predicted octanol–water partition coefficient (Wildman–Crippen LogP) is 5.49. The lowest BCUT2D eigenvalue weighted by Gasteiger charge is -2.09. The van der Waals surface area contributed by atoms with E-state index in [2.05, 4.69) is 45.9 Å². The van der Waals surface area contributed by atoms with Crippen molar-refractivity contribution < 1.29 is 0 Å². The smallest absolute Gasteiger partial charge is 0.0406 e. The Labute approximate surface area is 104 Å². The van der Waals surface area contributed by atoms with Crippen LogP contribution in [0.1, 0.15) is 39.7 Å². The van der Waals surface area contributed by atoms with E-state index in [0.29, 0.717) is 0 Å². The second-order valence-corrected chi connectivity index (χ2v) is 4.49. The first-order chi connectivity index (χ1) is 7.56. The molecule has 0 aliphatic heterocycles. The van der Waals surface area contributed by atoms with E-state index < -0.39 is 0 Å². The van der Waals surface area contributed by atoms with Crippen molar-refractivity contribution in [2.45, 2.75) is 34.1 Å². The van der Waals surface area contributed by atoms with Crippen molar-refractivity contribution in [2.24, 2.45) is 0 Å². The van der Waals surface area contributed by atoms with Crippen LogP contribution >= 0.6 is 11.6 Å². The van der Waals surface area contributed by atoms with Crippen molar-refractivity contribution in [2.75, 3.05) is 0 Å². The molecule has 0 spiro atoms. The molecule has 0 aromatic heterocycles. The highest BCUT2D eigenvalue weighted by Crippen LogP contribution is 2.24. The summed E-state index contributed by atoms with van der Waals surface area (Å²) in [6.45, 7) is 8.66. The summed E-state index contributed by atoms with van der Waals surface area (Å²) in [5.41, 5.74) is 5.27. The van der Waals surface area contributed by atoms with Crippen molar-refractivity contribution >= 4 is 17.2 Å². The minimum Gasteiger partial charge on any atom is -0.0843 e. The van der Waals surface area contributed by atoms with Gasteiger partial charge in [0.1, 0.15) is 0 Å². The van der Waals surface area contributed by atoms with Gasteiger partial charge in [-0.15, -0.1) is 0 Å². The van der Waals surface area contributed by atoms with Gasteiger partial charge in [-0.2, -0.15) is 0 Å². The van der Waals surface area contributed by atoms with Gasteiger partial charge in [0, 0.05) is 5.02 Å². The van der Waals surface area contributed by atoms with Crippen LogP contribution in [0.2, 0.25) is 5.02 Å². The molecule has 1 rings (SSSR count). The zero-order valence-corrected chi connectivity index (χ0v) is 11.2. The molecule has 0 fully saturated rings. The van der Waals surface area contributed by atoms with Crippen LogP contribution in [0.4, 0.5) is 0 Å². The summed E-state index contributed by atoms with van der Waals surface area (Å²) in [7, 11) is 0. The molecule has 1 aromatic rings. The number of allylic oxidation sites excluding steroid dienone is 4. The molecule has 0 aliphatic rings. The highest BCUT2D eigenvalue weighted by atomic mass is 35.5. The first-order valence-electron chi connectivity index (χ1n) is 5.66. The van der Waals surface area contributed by atoms with E-state index in [1.165, 1.54) is 22.3 Å². The van der Waals surface area contributed by atoms with Gasteiger partial charge in [0.05, 0.1) is 0 Å². The van der Waals surface area contributed by atoms with Crippen molar-refractivity contribution in [3.63, 3.8) is 0 Å². The number of benzene rings is 1. The van der Waals surface area contributed by atoms with Crippen LogP contribution in [0.5, 0.6) is 0 Å². The molecular formula is C15H19Cl. The fourth-order valence-electron chi connectivity index (χ4n) is 1.67. The van der Waals surface area contributed by atoms with Crippen molar-refractivity contribution in [1.82, 2.24) is 0 Å². The van der Waals surface area contributed by atoms with E-state index in [-0.39, 0.29) is 0 Å². The first kappa shape index (κ1) is 13.1. The number of hydrogen-bond acceptors (Lipinski definition) is 0. The highest BCUT2D eigenvalue weighted by molar-refractivity contribution is 6.30. The van der Waals surface area contributed by atoms with E-state index in [4.69, 9.17) is 11.6 Å². The van der Waals surface area contributed by atoms with Gasteiger partial charge in [0.2, 0.25) is 0 Å². The Morgan fingerprint density at radius 1 is 1.12 bits per heavy atom. The molecule has 0 radical (unpaired) electrons. The Bertz CT molecular complexity index is 408. The molecule has 0 saturated carbocycles. The van der Waals surface area contributed by atoms with Gasteiger partial charge in [-0.1, -0.05) is 42.3 Å². The summed E-state index contributed by atoms with van der Waals surface area (Å²) in [5.74, 6) is 0. The van der Waals surface area contributed by atoms with Crippen LogP contribution in [0, 0.1) is 0 Å². The summed E-state index contributed by atoms with van der Waals surface area (Å²) < 4.78 is 0. The van der Waals surface area contributed by atoms with Crippen LogP contribution in [0.15, 0.2) is 41.5 Å². The molecule has 0 N–H and O–H groups in total. The Balaban J connectivity index is 3.08.